The lowest BCUT2D eigenvalue weighted by atomic mass is 10.1. The number of rotatable bonds is 6. The van der Waals surface area contributed by atoms with Crippen molar-refractivity contribution < 1.29 is 23.8 Å². The summed E-state index contributed by atoms with van der Waals surface area (Å²) in [6, 6.07) is 5.51. The molecule has 0 atom stereocenters. The molecule has 0 bridgehead atoms. The van der Waals surface area contributed by atoms with E-state index in [-0.39, 0.29) is 18.4 Å². The van der Waals surface area contributed by atoms with Crippen molar-refractivity contribution in [2.45, 2.75) is 26.8 Å². The average molecular weight is 319 g/mol. The highest BCUT2D eigenvalue weighted by Crippen LogP contribution is 2.30. The first kappa shape index (κ1) is 16.9. The number of hydrogen-bond donors (Lipinski definition) is 0. The molecule has 2 aromatic rings. The molecule has 0 aliphatic carbocycles. The van der Waals surface area contributed by atoms with E-state index in [0.29, 0.717) is 24.5 Å². The SMILES string of the molecule is CCOC(=O)c1c(C)n(CCC(=O)OC)c2ccc(OC)cc12. The lowest BCUT2D eigenvalue weighted by Crippen LogP contribution is -2.10. The molecular formula is C17H21NO5. The van der Waals surface area contributed by atoms with Gasteiger partial charge in [0.15, 0.2) is 0 Å². The van der Waals surface area contributed by atoms with Crippen LogP contribution in [0.5, 0.6) is 5.75 Å². The fourth-order valence-electron chi connectivity index (χ4n) is 2.64. The molecule has 0 saturated heterocycles. The fraction of sp³-hybridized carbons (Fsp3) is 0.412. The van der Waals surface area contributed by atoms with Gasteiger partial charge in [-0.3, -0.25) is 4.79 Å². The third kappa shape index (κ3) is 3.31. The van der Waals surface area contributed by atoms with Gasteiger partial charge in [-0.2, -0.15) is 0 Å². The monoisotopic (exact) mass is 319 g/mol. The Bertz CT molecular complexity index is 732. The van der Waals surface area contributed by atoms with Crippen molar-refractivity contribution >= 4 is 22.8 Å². The van der Waals surface area contributed by atoms with E-state index in [1.807, 2.05) is 29.7 Å². The summed E-state index contributed by atoms with van der Waals surface area (Å²) in [7, 11) is 2.93. The van der Waals surface area contributed by atoms with E-state index in [2.05, 4.69) is 4.74 Å². The zero-order valence-corrected chi connectivity index (χ0v) is 13.8. The lowest BCUT2D eigenvalue weighted by Gasteiger charge is -2.08. The predicted octanol–water partition coefficient (Wildman–Crippen LogP) is 2.70. The van der Waals surface area contributed by atoms with Crippen molar-refractivity contribution in [1.82, 2.24) is 4.57 Å². The molecule has 0 aliphatic heterocycles. The van der Waals surface area contributed by atoms with Crippen molar-refractivity contribution in [2.75, 3.05) is 20.8 Å². The molecule has 0 aliphatic rings. The standard InChI is InChI=1S/C17H21NO5/c1-5-23-17(20)16-11(2)18(9-8-15(19)22-4)14-7-6-12(21-3)10-13(14)16/h6-7,10H,5,8-9H2,1-4H3. The van der Waals surface area contributed by atoms with E-state index in [0.717, 1.165) is 16.6 Å². The Kier molecular flexibility index (Phi) is 5.26. The third-order valence-electron chi connectivity index (χ3n) is 3.78. The molecule has 0 saturated carbocycles. The van der Waals surface area contributed by atoms with E-state index in [1.165, 1.54) is 7.11 Å². The number of carbonyl (C=O) groups is 2. The molecule has 1 heterocycles. The molecule has 0 radical (unpaired) electrons. The second-order valence-corrected chi connectivity index (χ2v) is 5.04. The Balaban J connectivity index is 2.56. The van der Waals surface area contributed by atoms with E-state index in [9.17, 15) is 9.59 Å². The van der Waals surface area contributed by atoms with Crippen molar-refractivity contribution in [1.29, 1.82) is 0 Å². The minimum absolute atomic E-state index is 0.232. The third-order valence-corrected chi connectivity index (χ3v) is 3.78. The van der Waals surface area contributed by atoms with Crippen LogP contribution in [-0.2, 0) is 20.8 Å². The Labute approximate surface area is 134 Å². The number of nitrogens with zero attached hydrogens (tertiary/aromatic N) is 1. The number of carbonyl (C=O) groups excluding carboxylic acids is 2. The van der Waals surface area contributed by atoms with Crippen LogP contribution in [0.2, 0.25) is 0 Å². The summed E-state index contributed by atoms with van der Waals surface area (Å²) in [4.78, 5) is 23.7. The number of methoxy groups -OCH3 is 2. The van der Waals surface area contributed by atoms with E-state index in [4.69, 9.17) is 9.47 Å². The first-order valence-electron chi connectivity index (χ1n) is 7.44. The summed E-state index contributed by atoms with van der Waals surface area (Å²) in [6.45, 7) is 4.35. The predicted molar refractivity (Wildman–Crippen MR) is 85.8 cm³/mol. The highest BCUT2D eigenvalue weighted by molar-refractivity contribution is 6.06. The number of aryl methyl sites for hydroxylation is 1. The van der Waals surface area contributed by atoms with Crippen LogP contribution in [0, 0.1) is 6.92 Å². The summed E-state index contributed by atoms with van der Waals surface area (Å²) >= 11 is 0. The molecular weight excluding hydrogens is 298 g/mol. The van der Waals surface area contributed by atoms with Crippen LogP contribution >= 0.6 is 0 Å². The second kappa shape index (κ2) is 7.17. The topological polar surface area (TPSA) is 66.8 Å². The van der Waals surface area contributed by atoms with Crippen LogP contribution in [0.15, 0.2) is 18.2 Å². The van der Waals surface area contributed by atoms with Crippen LogP contribution in [0.25, 0.3) is 10.9 Å². The molecule has 2 rings (SSSR count). The zero-order valence-electron chi connectivity index (χ0n) is 13.8. The van der Waals surface area contributed by atoms with E-state index in [1.54, 1.807) is 14.0 Å². The Morgan fingerprint density at radius 1 is 1.22 bits per heavy atom. The molecule has 0 amide bonds. The molecule has 0 spiro atoms. The van der Waals surface area contributed by atoms with Gasteiger partial charge in [0, 0.05) is 23.1 Å². The summed E-state index contributed by atoms with van der Waals surface area (Å²) in [6.07, 6.45) is 0.232. The van der Waals surface area contributed by atoms with Gasteiger partial charge in [0.05, 0.1) is 32.8 Å². The van der Waals surface area contributed by atoms with Gasteiger partial charge in [0.1, 0.15) is 5.75 Å². The average Bonchev–Trinajstić information content (AvgIpc) is 2.83. The van der Waals surface area contributed by atoms with Crippen LogP contribution in [0.3, 0.4) is 0 Å². The number of ether oxygens (including phenoxy) is 3. The van der Waals surface area contributed by atoms with Gasteiger partial charge < -0.3 is 18.8 Å². The van der Waals surface area contributed by atoms with E-state index < -0.39 is 0 Å². The van der Waals surface area contributed by atoms with Gasteiger partial charge in [-0.1, -0.05) is 0 Å². The van der Waals surface area contributed by atoms with Crippen LogP contribution < -0.4 is 4.74 Å². The molecule has 6 heteroatoms. The highest BCUT2D eigenvalue weighted by Gasteiger charge is 2.21. The molecule has 0 N–H and O–H groups in total. The van der Waals surface area contributed by atoms with Gasteiger partial charge in [0.2, 0.25) is 0 Å². The Morgan fingerprint density at radius 2 is 1.96 bits per heavy atom. The maximum absolute atomic E-state index is 12.3. The largest absolute Gasteiger partial charge is 0.497 e. The lowest BCUT2D eigenvalue weighted by molar-refractivity contribution is -0.140. The normalized spacial score (nSPS) is 10.6. The molecule has 1 aromatic heterocycles. The summed E-state index contributed by atoms with van der Waals surface area (Å²) in [5.41, 5.74) is 2.12. The minimum atomic E-state index is -0.375. The van der Waals surface area contributed by atoms with Crippen molar-refractivity contribution in [2.24, 2.45) is 0 Å². The van der Waals surface area contributed by atoms with Gasteiger partial charge in [-0.25, -0.2) is 4.79 Å². The molecule has 6 nitrogen and oxygen atoms in total. The number of esters is 2. The van der Waals surface area contributed by atoms with Gasteiger partial charge in [-0.05, 0) is 32.0 Å². The van der Waals surface area contributed by atoms with Crippen LogP contribution in [0.1, 0.15) is 29.4 Å². The van der Waals surface area contributed by atoms with Crippen LogP contribution in [0.4, 0.5) is 0 Å². The highest BCUT2D eigenvalue weighted by atomic mass is 16.5. The van der Waals surface area contributed by atoms with Crippen LogP contribution in [-0.4, -0.2) is 37.3 Å². The first-order chi connectivity index (χ1) is 11.0. The Morgan fingerprint density at radius 3 is 2.57 bits per heavy atom. The maximum Gasteiger partial charge on any atom is 0.340 e. The summed E-state index contributed by atoms with van der Waals surface area (Å²) in [5.74, 6) is -0.00863. The molecule has 0 unspecified atom stereocenters. The smallest absolute Gasteiger partial charge is 0.340 e. The molecule has 0 fully saturated rings. The van der Waals surface area contributed by atoms with Gasteiger partial charge in [0.25, 0.3) is 0 Å². The minimum Gasteiger partial charge on any atom is -0.497 e. The van der Waals surface area contributed by atoms with E-state index >= 15 is 0 Å². The number of aromatic nitrogens is 1. The first-order valence-corrected chi connectivity index (χ1v) is 7.44. The Hall–Kier alpha value is -2.50. The summed E-state index contributed by atoms with van der Waals surface area (Å²) < 4.78 is 17.0. The van der Waals surface area contributed by atoms with Crippen molar-refractivity contribution in [3.05, 3.63) is 29.5 Å². The number of fused-ring (bicyclic) bond motifs is 1. The second-order valence-electron chi connectivity index (χ2n) is 5.04. The van der Waals surface area contributed by atoms with Gasteiger partial charge in [-0.15, -0.1) is 0 Å². The molecule has 23 heavy (non-hydrogen) atoms. The quantitative estimate of drug-likeness (QED) is 0.766. The van der Waals surface area contributed by atoms with Crippen molar-refractivity contribution in [3.63, 3.8) is 0 Å². The fourth-order valence-corrected chi connectivity index (χ4v) is 2.64. The number of hydrogen-bond acceptors (Lipinski definition) is 5. The van der Waals surface area contributed by atoms with Gasteiger partial charge >= 0.3 is 11.9 Å². The van der Waals surface area contributed by atoms with Crippen molar-refractivity contribution in [3.8, 4) is 5.75 Å². The number of benzene rings is 1. The zero-order chi connectivity index (χ0) is 17.0. The molecule has 124 valence electrons. The summed E-state index contributed by atoms with van der Waals surface area (Å²) in [5, 5.41) is 0.755. The maximum atomic E-state index is 12.3. The molecule has 1 aromatic carbocycles.